The second-order valence-electron chi connectivity index (χ2n) is 9.90. The molecule has 2 aromatic rings. The van der Waals surface area contributed by atoms with E-state index in [-0.39, 0.29) is 5.75 Å². The van der Waals surface area contributed by atoms with Crippen molar-refractivity contribution in [3.8, 4) is 0 Å². The minimum absolute atomic E-state index is 0.273. The molecule has 36 heavy (non-hydrogen) atoms. The van der Waals surface area contributed by atoms with Crippen LogP contribution in [0.1, 0.15) is 63.8 Å². The highest BCUT2D eigenvalue weighted by Gasteiger charge is 2.48. The van der Waals surface area contributed by atoms with Crippen LogP contribution in [0, 0.1) is 0 Å². The highest BCUT2D eigenvalue weighted by atomic mass is 35.5. The molecule has 0 spiro atoms. The van der Waals surface area contributed by atoms with Crippen molar-refractivity contribution >= 4 is 44.9 Å². The van der Waals surface area contributed by atoms with Crippen LogP contribution in [-0.4, -0.2) is 52.9 Å². The molecule has 0 bridgehead atoms. The van der Waals surface area contributed by atoms with Crippen LogP contribution in [0.25, 0.3) is 0 Å². The maximum Gasteiger partial charge on any atom is 0.306 e. The van der Waals surface area contributed by atoms with Crippen molar-refractivity contribution in [3.63, 3.8) is 0 Å². The summed E-state index contributed by atoms with van der Waals surface area (Å²) in [5.41, 5.74) is 1.32. The highest BCUT2D eigenvalue weighted by molar-refractivity contribution is 7.92. The van der Waals surface area contributed by atoms with E-state index in [4.69, 9.17) is 27.9 Å². The summed E-state index contributed by atoms with van der Waals surface area (Å²) in [4.78, 5) is 26.9. The molecule has 7 nitrogen and oxygen atoms in total. The predicted molar refractivity (Wildman–Crippen MR) is 140 cm³/mol. The number of carboxylic acid groups (broad SMARTS) is 1. The molecule has 0 unspecified atom stereocenters. The second kappa shape index (κ2) is 11.1. The molecule has 1 aliphatic rings. The predicted octanol–water partition coefficient (Wildman–Crippen LogP) is 5.47. The van der Waals surface area contributed by atoms with Gasteiger partial charge in [0.15, 0.2) is 9.84 Å². The number of carbonyl (C=O) groups excluding carboxylic acids is 1. The summed E-state index contributed by atoms with van der Waals surface area (Å²) >= 11 is 12.4. The Labute approximate surface area is 222 Å². The molecule has 0 aromatic heterocycles. The number of hydrogen-bond acceptors (Lipinski definition) is 5. The summed E-state index contributed by atoms with van der Waals surface area (Å²) in [5, 5.41) is 10.4. The van der Waals surface area contributed by atoms with Gasteiger partial charge in [-0.15, -0.1) is 0 Å². The van der Waals surface area contributed by atoms with Crippen LogP contribution in [-0.2, 0) is 24.2 Å². The number of sulfone groups is 1. The van der Waals surface area contributed by atoms with E-state index in [1.54, 1.807) is 69.3 Å². The number of morpholine rings is 1. The Morgan fingerprint density at radius 3 is 2.25 bits per heavy atom. The van der Waals surface area contributed by atoms with Crippen LogP contribution >= 0.6 is 23.2 Å². The lowest BCUT2D eigenvalue weighted by Gasteiger charge is -2.48. The fourth-order valence-electron chi connectivity index (χ4n) is 4.30. The molecule has 4 atom stereocenters. The first-order valence-electron chi connectivity index (χ1n) is 11.7. The lowest BCUT2D eigenvalue weighted by atomic mass is 9.89. The van der Waals surface area contributed by atoms with E-state index >= 15 is 0 Å². The largest absolute Gasteiger partial charge is 0.481 e. The van der Waals surface area contributed by atoms with Gasteiger partial charge in [0.1, 0.15) is 12.2 Å². The summed E-state index contributed by atoms with van der Waals surface area (Å²) in [7, 11) is -3.62. The molecule has 1 fully saturated rings. The number of ether oxygens (including phenoxy) is 1. The van der Waals surface area contributed by atoms with Crippen molar-refractivity contribution in [3.05, 3.63) is 69.7 Å². The third kappa shape index (κ3) is 6.22. The van der Waals surface area contributed by atoms with Crippen molar-refractivity contribution < 1.29 is 27.9 Å². The number of nitrogens with zero attached hydrogens (tertiary/aromatic N) is 1. The van der Waals surface area contributed by atoms with Gasteiger partial charge in [0.05, 0.1) is 23.0 Å². The van der Waals surface area contributed by atoms with Gasteiger partial charge in [0, 0.05) is 16.1 Å². The smallest absolute Gasteiger partial charge is 0.306 e. The average Bonchev–Trinajstić information content (AvgIpc) is 2.78. The van der Waals surface area contributed by atoms with Crippen LogP contribution in [0.2, 0.25) is 10.0 Å². The summed E-state index contributed by atoms with van der Waals surface area (Å²) in [6.07, 6.45) is -2.30. The van der Waals surface area contributed by atoms with E-state index in [0.29, 0.717) is 27.6 Å². The zero-order valence-electron chi connectivity index (χ0n) is 20.6. The van der Waals surface area contributed by atoms with Gasteiger partial charge in [0.2, 0.25) is 0 Å². The Morgan fingerprint density at radius 1 is 1.08 bits per heavy atom. The molecule has 2 aromatic carbocycles. The van der Waals surface area contributed by atoms with E-state index in [9.17, 15) is 23.1 Å². The normalized spacial score (nSPS) is 21.9. The molecule has 1 N–H and O–H groups in total. The van der Waals surface area contributed by atoms with Gasteiger partial charge in [-0.05, 0) is 62.6 Å². The summed E-state index contributed by atoms with van der Waals surface area (Å²) in [5.74, 6) is -2.03. The average molecular weight is 557 g/mol. The third-order valence-corrected chi connectivity index (χ3v) is 9.56. The second-order valence-corrected chi connectivity index (χ2v) is 13.6. The van der Waals surface area contributed by atoms with Crippen molar-refractivity contribution in [1.82, 2.24) is 4.90 Å². The summed E-state index contributed by atoms with van der Waals surface area (Å²) in [6.45, 7) is 6.67. The molecule has 3 rings (SSSR count). The van der Waals surface area contributed by atoms with Gasteiger partial charge in [-0.1, -0.05) is 54.4 Å². The Balaban J connectivity index is 2.21. The number of benzene rings is 2. The van der Waals surface area contributed by atoms with E-state index in [1.165, 1.54) is 4.90 Å². The molecular weight excluding hydrogens is 525 g/mol. The Hall–Kier alpha value is -2.13. The van der Waals surface area contributed by atoms with E-state index in [1.807, 2.05) is 6.92 Å². The van der Waals surface area contributed by atoms with E-state index < -0.39 is 57.2 Å². The lowest BCUT2D eigenvalue weighted by molar-refractivity contribution is -0.182. The fraction of sp³-hybridized carbons (Fsp3) is 0.462. The van der Waals surface area contributed by atoms with Crippen LogP contribution in [0.3, 0.4) is 0 Å². The zero-order valence-corrected chi connectivity index (χ0v) is 23.0. The molecule has 196 valence electrons. The Bertz CT molecular complexity index is 1210. The van der Waals surface area contributed by atoms with Gasteiger partial charge in [-0.3, -0.25) is 9.59 Å². The molecule has 0 aliphatic carbocycles. The fourth-order valence-corrected chi connectivity index (χ4v) is 6.03. The Morgan fingerprint density at radius 2 is 1.72 bits per heavy atom. The van der Waals surface area contributed by atoms with Gasteiger partial charge < -0.3 is 14.7 Å². The van der Waals surface area contributed by atoms with Gasteiger partial charge in [-0.2, -0.15) is 0 Å². The SMILES string of the molecule is CC[C@H](CS(=O)(=O)C(C)(C)C)N1C(=O)[C@H](CC(=O)O)O[C@H](c2cccc(Cl)c2)[C@H]1c1ccc(Cl)cc1. The standard InChI is InChI=1S/C26H31Cl2NO6S/c1-5-20(15-36(33,34)26(2,3)4)29-23(16-9-11-18(27)12-10-16)24(17-7-6-8-19(28)13-17)35-21(25(29)32)14-22(30)31/h6-13,20-21,23-24H,5,14-15H2,1-4H3,(H,30,31)/t20-,21+,23-,24-/m1/s1. The van der Waals surface area contributed by atoms with Crippen LogP contribution < -0.4 is 0 Å². The lowest BCUT2D eigenvalue weighted by Crippen LogP contribution is -2.57. The number of rotatable bonds is 8. The monoisotopic (exact) mass is 555 g/mol. The summed E-state index contributed by atoms with van der Waals surface area (Å²) < 4.78 is 31.6. The number of carbonyl (C=O) groups is 2. The van der Waals surface area contributed by atoms with E-state index in [0.717, 1.165) is 0 Å². The molecule has 1 saturated heterocycles. The first kappa shape index (κ1) is 28.4. The van der Waals surface area contributed by atoms with Crippen LogP contribution in [0.15, 0.2) is 48.5 Å². The van der Waals surface area contributed by atoms with Crippen LogP contribution in [0.4, 0.5) is 0 Å². The summed E-state index contributed by atoms with van der Waals surface area (Å²) in [6, 6.07) is 12.4. The van der Waals surface area contributed by atoms with Crippen molar-refractivity contribution in [2.75, 3.05) is 5.75 Å². The number of amides is 1. The minimum atomic E-state index is -3.62. The topological polar surface area (TPSA) is 101 Å². The molecule has 0 saturated carbocycles. The number of carboxylic acids is 1. The van der Waals surface area contributed by atoms with E-state index in [2.05, 4.69) is 0 Å². The quantitative estimate of drug-likeness (QED) is 0.463. The third-order valence-electron chi connectivity index (χ3n) is 6.39. The maximum absolute atomic E-state index is 13.8. The van der Waals surface area contributed by atoms with Gasteiger partial charge >= 0.3 is 5.97 Å². The molecular formula is C26H31Cl2NO6S. The van der Waals surface area contributed by atoms with Crippen molar-refractivity contribution in [1.29, 1.82) is 0 Å². The van der Waals surface area contributed by atoms with Crippen molar-refractivity contribution in [2.24, 2.45) is 0 Å². The number of aliphatic carboxylic acids is 1. The minimum Gasteiger partial charge on any atom is -0.481 e. The molecule has 10 heteroatoms. The number of hydrogen-bond donors (Lipinski definition) is 1. The zero-order chi connectivity index (χ0) is 26.8. The van der Waals surface area contributed by atoms with Crippen molar-refractivity contribution in [2.45, 2.75) is 69.6 Å². The maximum atomic E-state index is 13.8. The van der Waals surface area contributed by atoms with Crippen LogP contribution in [0.5, 0.6) is 0 Å². The molecule has 1 amide bonds. The molecule has 1 aliphatic heterocycles. The highest BCUT2D eigenvalue weighted by Crippen LogP contribution is 2.45. The van der Waals surface area contributed by atoms with Gasteiger partial charge in [0.25, 0.3) is 5.91 Å². The molecule has 1 heterocycles. The first-order chi connectivity index (χ1) is 16.7. The van der Waals surface area contributed by atoms with Gasteiger partial charge in [-0.25, -0.2) is 8.42 Å². The Kier molecular flexibility index (Phi) is 8.76. The first-order valence-corrected chi connectivity index (χ1v) is 14.1. The number of halogens is 2. The molecule has 0 radical (unpaired) electrons.